The number of aryl methyl sites for hydroxylation is 4. The van der Waals surface area contributed by atoms with Gasteiger partial charge in [0.05, 0.1) is 23.1 Å². The first-order valence-electron chi connectivity index (χ1n) is 9.21. The minimum atomic E-state index is 0.537. The zero-order valence-electron chi connectivity index (χ0n) is 15.7. The summed E-state index contributed by atoms with van der Waals surface area (Å²) in [6.45, 7) is 11.7. The highest BCUT2D eigenvalue weighted by Crippen LogP contribution is 2.26. The van der Waals surface area contributed by atoms with Crippen LogP contribution in [0.5, 0.6) is 0 Å². The van der Waals surface area contributed by atoms with E-state index in [-0.39, 0.29) is 0 Å². The molecule has 0 saturated carbocycles. The van der Waals surface area contributed by atoms with E-state index in [9.17, 15) is 0 Å². The van der Waals surface area contributed by atoms with E-state index in [1.54, 1.807) is 0 Å². The van der Waals surface area contributed by atoms with Gasteiger partial charge in [0.25, 0.3) is 0 Å². The van der Waals surface area contributed by atoms with Crippen LogP contribution in [0.25, 0.3) is 5.65 Å². The number of rotatable bonds is 3. The summed E-state index contributed by atoms with van der Waals surface area (Å²) in [5.74, 6) is 0. The van der Waals surface area contributed by atoms with Crippen molar-refractivity contribution in [3.8, 4) is 0 Å². The van der Waals surface area contributed by atoms with E-state index < -0.39 is 0 Å². The van der Waals surface area contributed by atoms with Crippen molar-refractivity contribution < 1.29 is 0 Å². The van der Waals surface area contributed by atoms with Gasteiger partial charge < -0.3 is 4.40 Å². The highest BCUT2D eigenvalue weighted by atomic mass is 15.3. The Hall–Kier alpha value is -2.14. The van der Waals surface area contributed by atoms with E-state index >= 15 is 0 Å². The third-order valence-electron chi connectivity index (χ3n) is 5.47. The molecule has 0 bridgehead atoms. The van der Waals surface area contributed by atoms with Crippen molar-refractivity contribution in [3.63, 3.8) is 0 Å². The first-order valence-corrected chi connectivity index (χ1v) is 9.21. The van der Waals surface area contributed by atoms with Gasteiger partial charge in [-0.05, 0) is 58.2 Å². The van der Waals surface area contributed by atoms with Gasteiger partial charge in [0.15, 0.2) is 0 Å². The van der Waals surface area contributed by atoms with E-state index in [0.717, 1.165) is 49.5 Å². The van der Waals surface area contributed by atoms with Crippen molar-refractivity contribution >= 4 is 5.65 Å². The van der Waals surface area contributed by atoms with Crippen LogP contribution in [0.2, 0.25) is 0 Å². The third kappa shape index (κ3) is 2.97. The molecule has 0 amide bonds. The van der Waals surface area contributed by atoms with Crippen LogP contribution in [0.15, 0.2) is 24.4 Å². The molecule has 1 aliphatic rings. The Morgan fingerprint density at radius 2 is 1.88 bits per heavy atom. The van der Waals surface area contributed by atoms with Gasteiger partial charge in [-0.2, -0.15) is 5.10 Å². The quantitative estimate of drug-likeness (QED) is 0.733. The van der Waals surface area contributed by atoms with E-state index in [2.05, 4.69) is 71.2 Å². The fourth-order valence-electron chi connectivity index (χ4n) is 4.11. The molecule has 0 spiro atoms. The summed E-state index contributed by atoms with van der Waals surface area (Å²) in [5, 5.41) is 4.68. The van der Waals surface area contributed by atoms with E-state index in [1.807, 2.05) is 0 Å². The molecule has 0 unspecified atom stereocenters. The number of piperidine rings is 1. The van der Waals surface area contributed by atoms with Gasteiger partial charge in [0.1, 0.15) is 5.65 Å². The molecule has 0 aromatic carbocycles. The van der Waals surface area contributed by atoms with Gasteiger partial charge >= 0.3 is 0 Å². The molecule has 0 aliphatic carbocycles. The van der Waals surface area contributed by atoms with Crippen molar-refractivity contribution in [2.75, 3.05) is 13.1 Å². The number of likely N-dealkylation sites (tertiary alicyclic amines) is 1. The first-order chi connectivity index (χ1) is 12.0. The largest absolute Gasteiger partial charge is 0.302 e. The zero-order chi connectivity index (χ0) is 17.6. The first kappa shape index (κ1) is 16.3. The van der Waals surface area contributed by atoms with Gasteiger partial charge in [0, 0.05) is 31.5 Å². The maximum absolute atomic E-state index is 4.78. The molecule has 132 valence electrons. The lowest BCUT2D eigenvalue weighted by Gasteiger charge is -2.32. The van der Waals surface area contributed by atoms with Crippen molar-refractivity contribution in [2.24, 2.45) is 0 Å². The van der Waals surface area contributed by atoms with Crippen molar-refractivity contribution in [3.05, 3.63) is 52.7 Å². The molecule has 0 radical (unpaired) electrons. The monoisotopic (exact) mass is 337 g/mol. The Labute approximate surface area is 149 Å². The Kier molecular flexibility index (Phi) is 4.12. The summed E-state index contributed by atoms with van der Waals surface area (Å²) in [4.78, 5) is 7.33. The molecule has 25 heavy (non-hydrogen) atoms. The smallest absolute Gasteiger partial charge is 0.140 e. The number of fused-ring (bicyclic) bond motifs is 1. The summed E-state index contributed by atoms with van der Waals surface area (Å²) in [7, 11) is 0. The molecule has 5 nitrogen and oxygen atoms in total. The molecular weight excluding hydrogens is 310 g/mol. The van der Waals surface area contributed by atoms with Gasteiger partial charge in [0.2, 0.25) is 0 Å². The minimum Gasteiger partial charge on any atom is -0.302 e. The van der Waals surface area contributed by atoms with Gasteiger partial charge in [-0.3, -0.25) is 9.58 Å². The molecule has 1 fully saturated rings. The van der Waals surface area contributed by atoms with Crippen LogP contribution in [0.3, 0.4) is 0 Å². The molecule has 3 aromatic heterocycles. The Morgan fingerprint density at radius 1 is 1.12 bits per heavy atom. The normalized spacial score (nSPS) is 16.8. The average Bonchev–Trinajstić information content (AvgIpc) is 3.09. The van der Waals surface area contributed by atoms with Crippen LogP contribution in [0.4, 0.5) is 0 Å². The molecule has 0 atom stereocenters. The van der Waals surface area contributed by atoms with Crippen molar-refractivity contribution in [2.45, 2.75) is 53.1 Å². The fraction of sp³-hybridized carbons (Fsp3) is 0.500. The Morgan fingerprint density at radius 3 is 2.56 bits per heavy atom. The predicted molar refractivity (Wildman–Crippen MR) is 99.9 cm³/mol. The summed E-state index contributed by atoms with van der Waals surface area (Å²) in [5.41, 5.74) is 7.20. The van der Waals surface area contributed by atoms with Gasteiger partial charge in [-0.1, -0.05) is 6.07 Å². The van der Waals surface area contributed by atoms with Gasteiger partial charge in [-0.15, -0.1) is 0 Å². The number of aromatic nitrogens is 4. The Bertz CT molecular complexity index is 896. The van der Waals surface area contributed by atoms with Gasteiger partial charge in [-0.25, -0.2) is 4.98 Å². The van der Waals surface area contributed by atoms with Crippen LogP contribution < -0.4 is 0 Å². The summed E-state index contributed by atoms with van der Waals surface area (Å²) in [6.07, 6.45) is 4.47. The van der Waals surface area contributed by atoms with Crippen molar-refractivity contribution in [1.29, 1.82) is 0 Å². The fourth-order valence-corrected chi connectivity index (χ4v) is 4.11. The number of pyridine rings is 1. The summed E-state index contributed by atoms with van der Waals surface area (Å²) >= 11 is 0. The topological polar surface area (TPSA) is 38.4 Å². The molecule has 1 aliphatic heterocycles. The lowest BCUT2D eigenvalue weighted by Crippen LogP contribution is -2.35. The molecule has 4 heterocycles. The summed E-state index contributed by atoms with van der Waals surface area (Å²) < 4.78 is 4.49. The molecule has 1 saturated heterocycles. The highest BCUT2D eigenvalue weighted by molar-refractivity contribution is 5.50. The second kappa shape index (κ2) is 6.30. The Balaban J connectivity index is 1.48. The molecule has 4 rings (SSSR count). The number of imidazole rings is 1. The number of nitrogens with zero attached hydrogens (tertiary/aromatic N) is 5. The van der Waals surface area contributed by atoms with Crippen LogP contribution in [0.1, 0.15) is 47.2 Å². The second-order valence-corrected chi connectivity index (χ2v) is 7.41. The van der Waals surface area contributed by atoms with E-state index in [4.69, 9.17) is 4.98 Å². The van der Waals surface area contributed by atoms with Crippen LogP contribution >= 0.6 is 0 Å². The number of hydrogen-bond donors (Lipinski definition) is 0. The third-order valence-corrected chi connectivity index (χ3v) is 5.47. The SMILES string of the molecule is Cc1cc(C)n(C2CCN(Cc3c(C)nc4c(C)cccn34)CC2)n1. The number of hydrogen-bond acceptors (Lipinski definition) is 3. The predicted octanol–water partition coefficient (Wildman–Crippen LogP) is 3.60. The zero-order valence-corrected chi connectivity index (χ0v) is 15.7. The minimum absolute atomic E-state index is 0.537. The van der Waals surface area contributed by atoms with Crippen LogP contribution in [0, 0.1) is 27.7 Å². The molecular formula is C20H27N5. The van der Waals surface area contributed by atoms with Crippen LogP contribution in [-0.2, 0) is 6.54 Å². The highest BCUT2D eigenvalue weighted by Gasteiger charge is 2.23. The second-order valence-electron chi connectivity index (χ2n) is 7.41. The lowest BCUT2D eigenvalue weighted by atomic mass is 10.0. The molecule has 5 heteroatoms. The molecule has 3 aromatic rings. The maximum Gasteiger partial charge on any atom is 0.140 e. The lowest BCUT2D eigenvalue weighted by molar-refractivity contribution is 0.170. The summed E-state index contributed by atoms with van der Waals surface area (Å²) in [6, 6.07) is 6.96. The van der Waals surface area contributed by atoms with E-state index in [1.165, 1.54) is 17.0 Å². The van der Waals surface area contributed by atoms with Crippen molar-refractivity contribution in [1.82, 2.24) is 24.1 Å². The van der Waals surface area contributed by atoms with E-state index in [0.29, 0.717) is 6.04 Å². The maximum atomic E-state index is 4.78. The standard InChI is InChI=1S/C20H27N5/c1-14-6-5-9-24-19(17(4)21-20(14)24)13-23-10-7-18(8-11-23)25-16(3)12-15(2)22-25/h5-6,9,12,18H,7-8,10-11,13H2,1-4H3. The molecule has 0 N–H and O–H groups in total. The average molecular weight is 337 g/mol. The van der Waals surface area contributed by atoms with Crippen LogP contribution in [-0.4, -0.2) is 37.2 Å².